The normalized spacial score (nSPS) is 27.4. The Morgan fingerprint density at radius 3 is 2.88 bits per heavy atom. The molecule has 1 aliphatic rings. The van der Waals surface area contributed by atoms with Gasteiger partial charge in [0.15, 0.2) is 0 Å². The Balaban J connectivity index is 2.35. The van der Waals surface area contributed by atoms with Crippen LogP contribution in [-0.2, 0) is 0 Å². The third kappa shape index (κ3) is 2.50. The zero-order chi connectivity index (χ0) is 12.5. The standard InChI is InChI=1S/C14H20BrNO/c1-3-7-14(4-2)9-12(16)11-8-10(15)5-6-13(11)17-14/h5-6,8,12H,3-4,7,9,16H2,1-2H3/t12-,14?/m1/s1. The number of ether oxygens (including phenoxy) is 1. The van der Waals surface area contributed by atoms with Crippen LogP contribution in [0.15, 0.2) is 22.7 Å². The third-order valence-electron chi connectivity index (χ3n) is 3.64. The molecule has 1 heterocycles. The van der Waals surface area contributed by atoms with Crippen LogP contribution in [0.25, 0.3) is 0 Å². The molecule has 0 aliphatic carbocycles. The molecule has 0 amide bonds. The van der Waals surface area contributed by atoms with Crippen LogP contribution in [0.3, 0.4) is 0 Å². The first-order chi connectivity index (χ1) is 8.10. The quantitative estimate of drug-likeness (QED) is 0.908. The highest BCUT2D eigenvalue weighted by atomic mass is 79.9. The van der Waals surface area contributed by atoms with Crippen LogP contribution >= 0.6 is 15.9 Å². The van der Waals surface area contributed by atoms with Crippen molar-refractivity contribution in [3.8, 4) is 5.75 Å². The summed E-state index contributed by atoms with van der Waals surface area (Å²) in [4.78, 5) is 0. The molecule has 0 saturated carbocycles. The lowest BCUT2D eigenvalue weighted by Gasteiger charge is -2.41. The average molecular weight is 298 g/mol. The highest BCUT2D eigenvalue weighted by Gasteiger charge is 2.37. The van der Waals surface area contributed by atoms with Gasteiger partial charge in [-0.15, -0.1) is 0 Å². The topological polar surface area (TPSA) is 35.2 Å². The van der Waals surface area contributed by atoms with Crippen molar-refractivity contribution in [1.82, 2.24) is 0 Å². The van der Waals surface area contributed by atoms with Crippen molar-refractivity contribution in [2.75, 3.05) is 0 Å². The van der Waals surface area contributed by atoms with E-state index in [4.69, 9.17) is 10.5 Å². The smallest absolute Gasteiger partial charge is 0.124 e. The zero-order valence-electron chi connectivity index (χ0n) is 10.5. The number of nitrogens with two attached hydrogens (primary N) is 1. The van der Waals surface area contributed by atoms with Gasteiger partial charge in [-0.2, -0.15) is 0 Å². The van der Waals surface area contributed by atoms with Gasteiger partial charge in [-0.05, 0) is 31.0 Å². The summed E-state index contributed by atoms with van der Waals surface area (Å²) in [5.41, 5.74) is 7.36. The van der Waals surface area contributed by atoms with Crippen LogP contribution in [0.1, 0.15) is 51.1 Å². The predicted octanol–water partition coefficient (Wildman–Crippen LogP) is 4.18. The minimum Gasteiger partial charge on any atom is -0.487 e. The summed E-state index contributed by atoms with van der Waals surface area (Å²) in [5.74, 6) is 0.960. The fourth-order valence-electron chi connectivity index (χ4n) is 2.69. The van der Waals surface area contributed by atoms with Crippen LogP contribution in [0, 0.1) is 0 Å². The molecule has 1 aromatic rings. The van der Waals surface area contributed by atoms with Gasteiger partial charge in [0, 0.05) is 22.5 Å². The van der Waals surface area contributed by atoms with Gasteiger partial charge in [0.25, 0.3) is 0 Å². The van der Waals surface area contributed by atoms with Gasteiger partial charge < -0.3 is 10.5 Å². The molecule has 0 bridgehead atoms. The molecule has 0 aromatic heterocycles. The number of hydrogen-bond donors (Lipinski definition) is 1. The van der Waals surface area contributed by atoms with Crippen molar-refractivity contribution in [3.05, 3.63) is 28.2 Å². The number of halogens is 1. The average Bonchev–Trinajstić information content (AvgIpc) is 2.31. The Hall–Kier alpha value is -0.540. The molecule has 0 radical (unpaired) electrons. The second-order valence-corrected chi connectivity index (χ2v) is 5.80. The predicted molar refractivity (Wildman–Crippen MR) is 74.2 cm³/mol. The Labute approximate surface area is 112 Å². The maximum Gasteiger partial charge on any atom is 0.124 e. The van der Waals surface area contributed by atoms with Gasteiger partial charge in [-0.3, -0.25) is 0 Å². The number of benzene rings is 1. The Morgan fingerprint density at radius 2 is 2.24 bits per heavy atom. The van der Waals surface area contributed by atoms with E-state index >= 15 is 0 Å². The second kappa shape index (κ2) is 4.99. The van der Waals surface area contributed by atoms with Crippen LogP contribution in [0.5, 0.6) is 5.75 Å². The molecule has 2 N–H and O–H groups in total. The first-order valence-electron chi connectivity index (χ1n) is 6.34. The summed E-state index contributed by atoms with van der Waals surface area (Å²) in [5, 5.41) is 0. The summed E-state index contributed by atoms with van der Waals surface area (Å²) in [7, 11) is 0. The Kier molecular flexibility index (Phi) is 3.79. The first kappa shape index (κ1) is 12.9. The molecule has 94 valence electrons. The number of hydrogen-bond acceptors (Lipinski definition) is 2. The SMILES string of the molecule is CCCC1(CC)C[C@@H](N)c2cc(Br)ccc2O1. The van der Waals surface area contributed by atoms with Gasteiger partial charge in [0.1, 0.15) is 11.4 Å². The Bertz CT molecular complexity index is 407. The minimum atomic E-state index is -0.0605. The first-order valence-corrected chi connectivity index (χ1v) is 7.13. The lowest BCUT2D eigenvalue weighted by Crippen LogP contribution is -2.42. The maximum atomic E-state index is 6.30. The molecular weight excluding hydrogens is 278 g/mol. The van der Waals surface area contributed by atoms with Gasteiger partial charge >= 0.3 is 0 Å². The van der Waals surface area contributed by atoms with Crippen molar-refractivity contribution in [2.24, 2.45) is 5.73 Å². The largest absolute Gasteiger partial charge is 0.487 e. The minimum absolute atomic E-state index is 0.0605. The van der Waals surface area contributed by atoms with Crippen molar-refractivity contribution in [2.45, 2.75) is 51.2 Å². The second-order valence-electron chi connectivity index (χ2n) is 4.88. The molecule has 2 rings (SSSR count). The van der Waals surface area contributed by atoms with E-state index in [9.17, 15) is 0 Å². The van der Waals surface area contributed by atoms with Crippen LogP contribution in [-0.4, -0.2) is 5.60 Å². The summed E-state index contributed by atoms with van der Waals surface area (Å²) >= 11 is 3.48. The van der Waals surface area contributed by atoms with E-state index in [1.807, 2.05) is 12.1 Å². The maximum absolute atomic E-state index is 6.30. The lowest BCUT2D eigenvalue weighted by atomic mass is 9.83. The van der Waals surface area contributed by atoms with Gasteiger partial charge in [0.2, 0.25) is 0 Å². The van der Waals surface area contributed by atoms with Crippen molar-refractivity contribution in [1.29, 1.82) is 0 Å². The molecule has 1 aliphatic heterocycles. The van der Waals surface area contributed by atoms with Crippen LogP contribution in [0.2, 0.25) is 0 Å². The molecule has 2 atom stereocenters. The zero-order valence-corrected chi connectivity index (χ0v) is 12.1. The third-order valence-corrected chi connectivity index (χ3v) is 4.13. The van der Waals surface area contributed by atoms with E-state index in [1.165, 1.54) is 0 Å². The Morgan fingerprint density at radius 1 is 1.47 bits per heavy atom. The van der Waals surface area contributed by atoms with Crippen molar-refractivity contribution >= 4 is 15.9 Å². The molecule has 0 fully saturated rings. The van der Waals surface area contributed by atoms with Crippen LogP contribution in [0.4, 0.5) is 0 Å². The van der Waals surface area contributed by atoms with E-state index in [0.717, 1.165) is 41.5 Å². The van der Waals surface area contributed by atoms with Gasteiger partial charge in [-0.25, -0.2) is 0 Å². The molecule has 1 aromatic carbocycles. The summed E-state index contributed by atoms with van der Waals surface area (Å²) in [6.07, 6.45) is 4.14. The van der Waals surface area contributed by atoms with Gasteiger partial charge in [-0.1, -0.05) is 36.2 Å². The molecule has 2 nitrogen and oxygen atoms in total. The monoisotopic (exact) mass is 297 g/mol. The fraction of sp³-hybridized carbons (Fsp3) is 0.571. The molecule has 17 heavy (non-hydrogen) atoms. The molecule has 3 heteroatoms. The van der Waals surface area contributed by atoms with Crippen LogP contribution < -0.4 is 10.5 Å². The fourth-order valence-corrected chi connectivity index (χ4v) is 3.07. The van der Waals surface area contributed by atoms with Gasteiger partial charge in [0.05, 0.1) is 0 Å². The molecule has 0 spiro atoms. The van der Waals surface area contributed by atoms with E-state index in [1.54, 1.807) is 0 Å². The van der Waals surface area contributed by atoms with E-state index in [0.29, 0.717) is 0 Å². The molecule has 1 unspecified atom stereocenters. The summed E-state index contributed by atoms with van der Waals surface area (Å²) in [6.45, 7) is 4.38. The molecule has 0 saturated heterocycles. The number of fused-ring (bicyclic) bond motifs is 1. The highest BCUT2D eigenvalue weighted by molar-refractivity contribution is 9.10. The molecular formula is C14H20BrNO. The van der Waals surface area contributed by atoms with Crippen molar-refractivity contribution < 1.29 is 4.74 Å². The highest BCUT2D eigenvalue weighted by Crippen LogP contribution is 2.43. The lowest BCUT2D eigenvalue weighted by molar-refractivity contribution is 0.0230. The number of rotatable bonds is 3. The summed E-state index contributed by atoms with van der Waals surface area (Å²) < 4.78 is 7.30. The van der Waals surface area contributed by atoms with Crippen molar-refractivity contribution in [3.63, 3.8) is 0 Å². The van der Waals surface area contributed by atoms with E-state index in [-0.39, 0.29) is 11.6 Å². The summed E-state index contributed by atoms with van der Waals surface area (Å²) in [6, 6.07) is 6.20. The van der Waals surface area contributed by atoms with E-state index in [2.05, 4.69) is 35.8 Å². The van der Waals surface area contributed by atoms with E-state index < -0.39 is 0 Å².